The summed E-state index contributed by atoms with van der Waals surface area (Å²) < 4.78 is 0. The Labute approximate surface area is 118 Å². The number of anilines is 2. The van der Waals surface area contributed by atoms with Crippen molar-refractivity contribution >= 4 is 17.3 Å². The summed E-state index contributed by atoms with van der Waals surface area (Å²) in [6, 6.07) is 16.2. The molecule has 3 heteroatoms. The second-order valence-electron chi connectivity index (χ2n) is 5.48. The molecule has 100 valence electrons. The van der Waals surface area contributed by atoms with Crippen LogP contribution >= 0.6 is 0 Å². The predicted octanol–water partition coefficient (Wildman–Crippen LogP) is 3.13. The minimum absolute atomic E-state index is 0.106. The summed E-state index contributed by atoms with van der Waals surface area (Å²) in [5, 5.41) is 6.51. The fraction of sp³-hybridized carbons (Fsp3) is 0.235. The molecule has 2 aliphatic rings. The van der Waals surface area contributed by atoms with Crippen LogP contribution in [0.2, 0.25) is 0 Å². The third kappa shape index (κ3) is 1.38. The summed E-state index contributed by atoms with van der Waals surface area (Å²) in [6.07, 6.45) is 1.83. The Hall–Kier alpha value is -2.29. The molecule has 20 heavy (non-hydrogen) atoms. The topological polar surface area (TPSA) is 41.1 Å². The first-order valence-corrected chi connectivity index (χ1v) is 7.07. The monoisotopic (exact) mass is 264 g/mol. The summed E-state index contributed by atoms with van der Waals surface area (Å²) >= 11 is 0. The van der Waals surface area contributed by atoms with Gasteiger partial charge < -0.3 is 10.6 Å². The summed E-state index contributed by atoms with van der Waals surface area (Å²) in [7, 11) is 0. The highest BCUT2D eigenvalue weighted by atomic mass is 16.2. The average Bonchev–Trinajstić information content (AvgIpc) is 2.65. The van der Waals surface area contributed by atoms with Crippen molar-refractivity contribution in [3.63, 3.8) is 0 Å². The van der Waals surface area contributed by atoms with E-state index in [1.165, 1.54) is 0 Å². The molecule has 0 fully saturated rings. The van der Waals surface area contributed by atoms with Crippen molar-refractivity contribution in [1.29, 1.82) is 0 Å². The van der Waals surface area contributed by atoms with Gasteiger partial charge in [0.05, 0.1) is 0 Å². The molecule has 4 rings (SSSR count). The molecule has 2 aliphatic heterocycles. The van der Waals surface area contributed by atoms with Crippen molar-refractivity contribution in [3.05, 3.63) is 59.7 Å². The Kier molecular flexibility index (Phi) is 2.36. The molecule has 0 aromatic heterocycles. The van der Waals surface area contributed by atoms with Crippen LogP contribution in [-0.2, 0) is 10.2 Å². The van der Waals surface area contributed by atoms with Crippen LogP contribution in [0.5, 0.6) is 0 Å². The van der Waals surface area contributed by atoms with Gasteiger partial charge in [-0.3, -0.25) is 4.79 Å². The van der Waals surface area contributed by atoms with Crippen molar-refractivity contribution in [3.8, 4) is 0 Å². The van der Waals surface area contributed by atoms with Crippen LogP contribution in [0.3, 0.4) is 0 Å². The van der Waals surface area contributed by atoms with Gasteiger partial charge in [-0.1, -0.05) is 36.4 Å². The van der Waals surface area contributed by atoms with Gasteiger partial charge in [0.1, 0.15) is 5.41 Å². The smallest absolute Gasteiger partial charge is 0.239 e. The van der Waals surface area contributed by atoms with Crippen LogP contribution in [0.25, 0.3) is 0 Å². The number of hydrogen-bond acceptors (Lipinski definition) is 2. The van der Waals surface area contributed by atoms with Crippen LogP contribution in [0, 0.1) is 0 Å². The first-order valence-electron chi connectivity index (χ1n) is 7.07. The third-order valence-electron chi connectivity index (χ3n) is 4.45. The van der Waals surface area contributed by atoms with Gasteiger partial charge in [-0.05, 0) is 36.1 Å². The highest BCUT2D eigenvalue weighted by molar-refractivity contribution is 6.09. The zero-order valence-corrected chi connectivity index (χ0v) is 11.1. The number of amides is 1. The van der Waals surface area contributed by atoms with E-state index in [-0.39, 0.29) is 5.91 Å². The molecule has 2 aromatic carbocycles. The van der Waals surface area contributed by atoms with Gasteiger partial charge in [-0.25, -0.2) is 0 Å². The van der Waals surface area contributed by atoms with E-state index < -0.39 is 5.41 Å². The Morgan fingerprint density at radius 3 is 2.35 bits per heavy atom. The molecule has 3 nitrogen and oxygen atoms in total. The molecule has 0 bridgehead atoms. The van der Waals surface area contributed by atoms with Crippen LogP contribution in [-0.4, -0.2) is 12.5 Å². The lowest BCUT2D eigenvalue weighted by molar-refractivity contribution is -0.119. The van der Waals surface area contributed by atoms with E-state index in [4.69, 9.17) is 0 Å². The number of para-hydroxylation sites is 2. The summed E-state index contributed by atoms with van der Waals surface area (Å²) in [5.41, 5.74) is 3.71. The maximum Gasteiger partial charge on any atom is 0.239 e. The maximum absolute atomic E-state index is 12.8. The number of hydrogen-bond donors (Lipinski definition) is 2. The first-order chi connectivity index (χ1) is 9.82. The van der Waals surface area contributed by atoms with Crippen molar-refractivity contribution < 1.29 is 4.79 Å². The van der Waals surface area contributed by atoms with E-state index in [0.717, 1.165) is 41.9 Å². The molecule has 1 atom stereocenters. The number of nitrogens with one attached hydrogen (secondary N) is 2. The molecule has 0 saturated heterocycles. The minimum atomic E-state index is -0.531. The highest BCUT2D eigenvalue weighted by Crippen LogP contribution is 2.49. The molecule has 0 aliphatic carbocycles. The average molecular weight is 264 g/mol. The fourth-order valence-electron chi connectivity index (χ4n) is 3.55. The highest BCUT2D eigenvalue weighted by Gasteiger charge is 2.49. The van der Waals surface area contributed by atoms with Crippen LogP contribution in [0.1, 0.15) is 24.0 Å². The number of rotatable bonds is 0. The Balaban J connectivity index is 2.03. The minimum Gasteiger partial charge on any atom is -0.385 e. The second kappa shape index (κ2) is 4.10. The number of fused-ring (bicyclic) bond motifs is 4. The molecule has 1 amide bonds. The van der Waals surface area contributed by atoms with E-state index in [1.54, 1.807) is 0 Å². The Bertz CT molecular complexity index is 695. The van der Waals surface area contributed by atoms with Gasteiger partial charge in [-0.15, -0.1) is 0 Å². The lowest BCUT2D eigenvalue weighted by atomic mass is 9.72. The molecule has 0 unspecified atom stereocenters. The van der Waals surface area contributed by atoms with Gasteiger partial charge in [-0.2, -0.15) is 0 Å². The van der Waals surface area contributed by atoms with E-state index >= 15 is 0 Å². The summed E-state index contributed by atoms with van der Waals surface area (Å²) in [4.78, 5) is 12.8. The van der Waals surface area contributed by atoms with Crippen LogP contribution in [0.4, 0.5) is 11.4 Å². The SMILES string of the molecule is O=C1Nc2ccccc2[C@]12CCCNc1ccccc12. The molecular formula is C17H16N2O. The number of carbonyl (C=O) groups excluding carboxylic acids is 1. The van der Waals surface area contributed by atoms with Gasteiger partial charge in [0.2, 0.25) is 5.91 Å². The fourth-order valence-corrected chi connectivity index (χ4v) is 3.55. The number of benzene rings is 2. The van der Waals surface area contributed by atoms with E-state index in [1.807, 2.05) is 30.3 Å². The zero-order valence-electron chi connectivity index (χ0n) is 11.1. The quantitative estimate of drug-likeness (QED) is 0.767. The van der Waals surface area contributed by atoms with Crippen molar-refractivity contribution in [2.24, 2.45) is 0 Å². The van der Waals surface area contributed by atoms with E-state index in [2.05, 4.69) is 28.8 Å². The van der Waals surface area contributed by atoms with E-state index in [0.29, 0.717) is 0 Å². The van der Waals surface area contributed by atoms with Crippen LogP contribution in [0.15, 0.2) is 48.5 Å². The molecule has 0 saturated carbocycles. The molecule has 2 heterocycles. The van der Waals surface area contributed by atoms with Crippen molar-refractivity contribution in [1.82, 2.24) is 0 Å². The standard InChI is InChI=1S/C17H16N2O/c20-16-17(13-7-2-4-9-15(13)19-16)10-5-11-18-14-8-3-1-6-12(14)17/h1-4,6-9,18H,5,10-11H2,(H,19,20)/t17-/m1/s1. The largest absolute Gasteiger partial charge is 0.385 e. The summed E-state index contributed by atoms with van der Waals surface area (Å²) in [5.74, 6) is 0.106. The third-order valence-corrected chi connectivity index (χ3v) is 4.45. The first kappa shape index (κ1) is 11.5. The van der Waals surface area contributed by atoms with Crippen molar-refractivity contribution in [2.75, 3.05) is 17.2 Å². The lowest BCUT2D eigenvalue weighted by Gasteiger charge is -2.27. The molecule has 2 N–H and O–H groups in total. The molecule has 0 radical (unpaired) electrons. The Morgan fingerprint density at radius 2 is 1.55 bits per heavy atom. The lowest BCUT2D eigenvalue weighted by Crippen LogP contribution is -2.35. The van der Waals surface area contributed by atoms with Crippen molar-refractivity contribution in [2.45, 2.75) is 18.3 Å². The Morgan fingerprint density at radius 1 is 0.900 bits per heavy atom. The second-order valence-corrected chi connectivity index (χ2v) is 5.48. The normalized spacial score (nSPS) is 23.5. The maximum atomic E-state index is 12.8. The van der Waals surface area contributed by atoms with Gasteiger partial charge >= 0.3 is 0 Å². The molecular weight excluding hydrogens is 248 g/mol. The van der Waals surface area contributed by atoms with E-state index in [9.17, 15) is 4.79 Å². The molecule has 1 spiro atoms. The number of carbonyl (C=O) groups is 1. The zero-order chi connectivity index (χ0) is 13.6. The predicted molar refractivity (Wildman–Crippen MR) is 80.0 cm³/mol. The van der Waals surface area contributed by atoms with Gasteiger partial charge in [0.15, 0.2) is 0 Å². The van der Waals surface area contributed by atoms with Gasteiger partial charge in [0, 0.05) is 17.9 Å². The summed E-state index contributed by atoms with van der Waals surface area (Å²) in [6.45, 7) is 0.911. The van der Waals surface area contributed by atoms with Gasteiger partial charge in [0.25, 0.3) is 0 Å². The molecule has 2 aromatic rings. The van der Waals surface area contributed by atoms with Crippen LogP contribution < -0.4 is 10.6 Å².